The van der Waals surface area contributed by atoms with E-state index < -0.39 is 24.0 Å². The zero-order chi connectivity index (χ0) is 18.8. The minimum Gasteiger partial charge on any atom is -0.462 e. The molecule has 0 radical (unpaired) electrons. The Kier molecular flexibility index (Phi) is 10.4. The molecule has 0 rings (SSSR count). The summed E-state index contributed by atoms with van der Waals surface area (Å²) in [6, 6.07) is 0. The molecule has 0 heterocycles. The third kappa shape index (κ3) is 6.16. The van der Waals surface area contributed by atoms with Crippen LogP contribution in [0.5, 0.6) is 0 Å². The first-order valence-electron chi connectivity index (χ1n) is 7.37. The van der Waals surface area contributed by atoms with Gasteiger partial charge in [0.05, 0.1) is 26.4 Å². The van der Waals surface area contributed by atoms with E-state index >= 15 is 0 Å². The normalized spacial score (nSPS) is 12.7. The molecule has 140 valence electrons. The van der Waals surface area contributed by atoms with E-state index in [1.54, 1.807) is 27.7 Å². The molecule has 0 unspecified atom stereocenters. The predicted octanol–water partition coefficient (Wildman–Crippen LogP) is 2.82. The van der Waals surface area contributed by atoms with Crippen molar-refractivity contribution in [3.63, 3.8) is 0 Å². The third-order valence-electron chi connectivity index (χ3n) is 2.37. The van der Waals surface area contributed by atoms with E-state index in [2.05, 4.69) is 21.1 Å². The van der Waals surface area contributed by atoms with Crippen LogP contribution in [0.4, 0.5) is 0 Å². The van der Waals surface area contributed by atoms with E-state index in [9.17, 15) is 14.2 Å². The molecule has 0 aromatic carbocycles. The van der Waals surface area contributed by atoms with Crippen molar-refractivity contribution in [2.24, 2.45) is 5.16 Å². The number of esters is 2. The average molecular weight is 432 g/mol. The molecule has 0 saturated heterocycles. The lowest BCUT2D eigenvalue weighted by atomic mass is 10.3. The molecule has 0 spiro atoms. The first-order valence-corrected chi connectivity index (χ1v) is 9.71. The standard InChI is InChI=1S/C13H23BrNO8P/c1-6-19-11(16)13(14,12(17)20-7-2)23-15-10(5)24(18,21-8-3)22-9-4/h6-9H2,1-5H3/b15-10-. The van der Waals surface area contributed by atoms with Gasteiger partial charge in [-0.3, -0.25) is 4.57 Å². The number of hydrogen-bond donors (Lipinski definition) is 0. The minimum absolute atomic E-state index is 0.00797. The van der Waals surface area contributed by atoms with Crippen LogP contribution < -0.4 is 0 Å². The number of carbonyl (C=O) groups excluding carboxylic acids is 2. The molecule has 0 aromatic rings. The van der Waals surface area contributed by atoms with Crippen LogP contribution in [0, 0.1) is 0 Å². The van der Waals surface area contributed by atoms with Gasteiger partial charge in [-0.15, -0.1) is 0 Å². The van der Waals surface area contributed by atoms with Gasteiger partial charge in [-0.1, -0.05) is 5.16 Å². The van der Waals surface area contributed by atoms with Crippen LogP contribution in [0.1, 0.15) is 34.6 Å². The Hall–Kier alpha value is -0.960. The van der Waals surface area contributed by atoms with Crippen molar-refractivity contribution in [1.29, 1.82) is 0 Å². The lowest BCUT2D eigenvalue weighted by Gasteiger charge is -2.22. The fourth-order valence-corrected chi connectivity index (χ4v) is 2.92. The van der Waals surface area contributed by atoms with Crippen LogP contribution in [0.2, 0.25) is 0 Å². The van der Waals surface area contributed by atoms with E-state index in [0.717, 1.165) is 0 Å². The summed E-state index contributed by atoms with van der Waals surface area (Å²) < 4.78 is 29.9. The smallest absolute Gasteiger partial charge is 0.381 e. The number of alkyl halides is 1. The van der Waals surface area contributed by atoms with Crippen molar-refractivity contribution < 1.29 is 37.5 Å². The summed E-state index contributed by atoms with van der Waals surface area (Å²) in [5.41, 5.74) is -0.163. The second-order valence-corrected chi connectivity index (χ2v) is 7.37. The maximum atomic E-state index is 12.5. The van der Waals surface area contributed by atoms with Gasteiger partial charge in [0.25, 0.3) is 0 Å². The van der Waals surface area contributed by atoms with Gasteiger partial charge in [-0.05, 0) is 50.5 Å². The first-order chi connectivity index (χ1) is 11.2. The first kappa shape index (κ1) is 23.0. The van der Waals surface area contributed by atoms with E-state index in [4.69, 9.17) is 23.4 Å². The predicted molar refractivity (Wildman–Crippen MR) is 90.0 cm³/mol. The van der Waals surface area contributed by atoms with E-state index in [0.29, 0.717) is 0 Å². The topological polar surface area (TPSA) is 110 Å². The Labute approximate surface area is 149 Å². The zero-order valence-corrected chi connectivity index (χ0v) is 16.8. The summed E-state index contributed by atoms with van der Waals surface area (Å²) >= 11 is 2.84. The minimum atomic E-state index is -3.69. The van der Waals surface area contributed by atoms with Gasteiger partial charge >= 0.3 is 24.0 Å². The highest BCUT2D eigenvalue weighted by Gasteiger charge is 2.51. The number of hydrogen-bond acceptors (Lipinski definition) is 9. The monoisotopic (exact) mass is 431 g/mol. The highest BCUT2D eigenvalue weighted by Crippen LogP contribution is 2.49. The molecular formula is C13H23BrNO8P. The number of oxime groups is 1. The van der Waals surface area contributed by atoms with Gasteiger partial charge in [0.1, 0.15) is 0 Å². The number of nitrogens with zero attached hydrogens (tertiary/aromatic N) is 1. The molecule has 0 aromatic heterocycles. The largest absolute Gasteiger partial charge is 0.462 e. The van der Waals surface area contributed by atoms with Gasteiger partial charge in [-0.2, -0.15) is 0 Å². The van der Waals surface area contributed by atoms with Crippen molar-refractivity contribution in [3.8, 4) is 0 Å². The molecule has 0 N–H and O–H groups in total. The molecule has 0 saturated carbocycles. The molecule has 0 aliphatic heterocycles. The SMILES string of the molecule is CCOC(=O)C(Br)(O/N=C(/C)P(=O)(OCC)OCC)C(=O)OCC. The van der Waals surface area contributed by atoms with Crippen molar-refractivity contribution in [2.45, 2.75) is 39.1 Å². The van der Waals surface area contributed by atoms with Gasteiger partial charge < -0.3 is 23.4 Å². The van der Waals surface area contributed by atoms with E-state index in [1.807, 2.05) is 0 Å². The van der Waals surface area contributed by atoms with Crippen LogP contribution >= 0.6 is 23.5 Å². The van der Waals surface area contributed by atoms with Crippen molar-refractivity contribution in [1.82, 2.24) is 0 Å². The van der Waals surface area contributed by atoms with Gasteiger partial charge in [0.15, 0.2) is 5.45 Å². The van der Waals surface area contributed by atoms with Gasteiger partial charge in [0.2, 0.25) is 0 Å². The molecule has 9 nitrogen and oxygen atoms in total. The molecule has 11 heteroatoms. The maximum absolute atomic E-state index is 12.5. The van der Waals surface area contributed by atoms with E-state index in [1.165, 1.54) is 6.92 Å². The summed E-state index contributed by atoms with van der Waals surface area (Å²) in [4.78, 5) is 29.0. The molecule has 0 aliphatic carbocycles. The van der Waals surface area contributed by atoms with Gasteiger partial charge in [-0.25, -0.2) is 9.59 Å². The maximum Gasteiger partial charge on any atom is 0.381 e. The Morgan fingerprint density at radius 3 is 1.71 bits per heavy atom. The molecule has 24 heavy (non-hydrogen) atoms. The van der Waals surface area contributed by atoms with E-state index in [-0.39, 0.29) is 31.9 Å². The summed E-state index contributed by atoms with van der Waals surface area (Å²) in [6.07, 6.45) is 0. The van der Waals surface area contributed by atoms with Crippen molar-refractivity contribution in [3.05, 3.63) is 0 Å². The fourth-order valence-electron chi connectivity index (χ4n) is 1.35. The molecule has 0 bridgehead atoms. The summed E-state index contributed by atoms with van der Waals surface area (Å²) in [5, 5.41) is 3.57. The van der Waals surface area contributed by atoms with Crippen LogP contribution in [0.3, 0.4) is 0 Å². The zero-order valence-electron chi connectivity index (χ0n) is 14.4. The second kappa shape index (κ2) is 10.8. The number of halogens is 1. The van der Waals surface area contributed by atoms with Crippen LogP contribution in [-0.2, 0) is 37.5 Å². The van der Waals surface area contributed by atoms with Crippen LogP contribution in [0.15, 0.2) is 5.16 Å². The Balaban J connectivity index is 5.52. The number of ether oxygens (including phenoxy) is 2. The Morgan fingerprint density at radius 2 is 1.38 bits per heavy atom. The third-order valence-corrected chi connectivity index (χ3v) is 5.24. The number of carbonyl (C=O) groups is 2. The lowest BCUT2D eigenvalue weighted by Crippen LogP contribution is -2.45. The van der Waals surface area contributed by atoms with Crippen LogP contribution in [-0.4, -0.2) is 48.3 Å². The molecule has 0 aliphatic rings. The van der Waals surface area contributed by atoms with Crippen LogP contribution in [0.25, 0.3) is 0 Å². The van der Waals surface area contributed by atoms with Crippen molar-refractivity contribution >= 4 is 40.9 Å². The average Bonchev–Trinajstić information content (AvgIpc) is 2.53. The highest BCUT2D eigenvalue weighted by molar-refractivity contribution is 9.10. The Morgan fingerprint density at radius 1 is 0.958 bits per heavy atom. The number of rotatable bonds is 11. The Bertz CT molecular complexity index is 482. The fraction of sp³-hybridized carbons (Fsp3) is 0.769. The summed E-state index contributed by atoms with van der Waals surface area (Å²) in [6.45, 7) is 7.95. The summed E-state index contributed by atoms with van der Waals surface area (Å²) in [5.74, 6) is -2.11. The van der Waals surface area contributed by atoms with Gasteiger partial charge in [0, 0.05) is 0 Å². The second-order valence-electron chi connectivity index (χ2n) is 4.10. The quantitative estimate of drug-likeness (QED) is 0.122. The molecule has 0 atom stereocenters. The summed E-state index contributed by atoms with van der Waals surface area (Å²) in [7, 11) is -3.69. The molecular weight excluding hydrogens is 409 g/mol. The lowest BCUT2D eigenvalue weighted by molar-refractivity contribution is -0.176. The highest BCUT2D eigenvalue weighted by atomic mass is 79.9. The molecule has 0 fully saturated rings. The molecule has 0 amide bonds. The van der Waals surface area contributed by atoms with Crippen molar-refractivity contribution in [2.75, 3.05) is 26.4 Å².